The van der Waals surface area contributed by atoms with Crippen LogP contribution >= 0.6 is 11.6 Å². The van der Waals surface area contributed by atoms with E-state index < -0.39 is 0 Å². The zero-order valence-corrected chi connectivity index (χ0v) is 17.1. The lowest BCUT2D eigenvalue weighted by atomic mass is 10.1. The number of ether oxygens (including phenoxy) is 2. The quantitative estimate of drug-likeness (QED) is 0.726. The van der Waals surface area contributed by atoms with Gasteiger partial charge < -0.3 is 19.7 Å². The van der Waals surface area contributed by atoms with Gasteiger partial charge in [0.1, 0.15) is 12.4 Å². The van der Waals surface area contributed by atoms with Crippen LogP contribution in [0.1, 0.15) is 34.8 Å². The number of carbonyl (C=O) groups excluding carboxylic acids is 1. The number of benzene rings is 2. The predicted octanol–water partition coefficient (Wildman–Crippen LogP) is 3.93. The molecule has 0 aliphatic carbocycles. The summed E-state index contributed by atoms with van der Waals surface area (Å²) >= 11 is 6.34. The van der Waals surface area contributed by atoms with Crippen molar-refractivity contribution < 1.29 is 14.3 Å². The van der Waals surface area contributed by atoms with Gasteiger partial charge in [0.2, 0.25) is 0 Å². The fourth-order valence-corrected chi connectivity index (χ4v) is 3.56. The number of carbonyl (C=O) groups is 1. The highest BCUT2D eigenvalue weighted by Gasteiger charge is 2.19. The first kappa shape index (κ1) is 20.6. The van der Waals surface area contributed by atoms with Gasteiger partial charge in [0, 0.05) is 23.7 Å². The molecule has 0 spiro atoms. The molecule has 5 nitrogen and oxygen atoms in total. The Kier molecular flexibility index (Phi) is 7.31. The molecule has 1 saturated heterocycles. The van der Waals surface area contributed by atoms with Crippen molar-refractivity contribution in [3.05, 3.63) is 64.7 Å². The minimum atomic E-state index is -0.138. The second kappa shape index (κ2) is 9.92. The molecule has 1 aliphatic heterocycles. The highest BCUT2D eigenvalue weighted by molar-refractivity contribution is 6.31. The minimum absolute atomic E-state index is 0.0170. The van der Waals surface area contributed by atoms with Crippen LogP contribution in [0.2, 0.25) is 5.02 Å². The van der Waals surface area contributed by atoms with Gasteiger partial charge >= 0.3 is 0 Å². The molecule has 28 heavy (non-hydrogen) atoms. The van der Waals surface area contributed by atoms with Crippen molar-refractivity contribution in [2.45, 2.75) is 25.0 Å². The van der Waals surface area contributed by atoms with Crippen LogP contribution in [0, 0.1) is 0 Å². The molecule has 0 saturated carbocycles. The molecule has 2 aromatic carbocycles. The Morgan fingerprint density at radius 2 is 2.11 bits per heavy atom. The minimum Gasteiger partial charge on any atom is -0.491 e. The van der Waals surface area contributed by atoms with Crippen LogP contribution in [-0.2, 0) is 4.74 Å². The van der Waals surface area contributed by atoms with Crippen LogP contribution in [0.15, 0.2) is 48.5 Å². The Morgan fingerprint density at radius 1 is 1.29 bits per heavy atom. The van der Waals surface area contributed by atoms with Gasteiger partial charge in [-0.1, -0.05) is 35.9 Å². The summed E-state index contributed by atoms with van der Waals surface area (Å²) in [5.41, 5.74) is 1.56. The van der Waals surface area contributed by atoms with Crippen molar-refractivity contribution in [1.82, 2.24) is 10.2 Å². The molecule has 1 heterocycles. The first-order valence-corrected chi connectivity index (χ1v) is 9.96. The van der Waals surface area contributed by atoms with Crippen LogP contribution < -0.4 is 10.1 Å². The van der Waals surface area contributed by atoms with Crippen LogP contribution in [0.25, 0.3) is 0 Å². The summed E-state index contributed by atoms with van der Waals surface area (Å²) in [6, 6.07) is 14.9. The Labute approximate surface area is 171 Å². The topological polar surface area (TPSA) is 50.8 Å². The standard InChI is InChI=1S/C22H27ClN2O3/c1-25(2)21(19-10-3-4-11-20(19)23)14-24-22(26)16-7-5-8-17(13-16)28-15-18-9-6-12-27-18/h3-5,7-8,10-11,13,18,21H,6,9,12,14-15H2,1-2H3,(H,24,26)/t18-,21+/m1/s1. The number of nitrogens with one attached hydrogen (secondary N) is 1. The van der Waals surface area contributed by atoms with Gasteiger partial charge in [-0.25, -0.2) is 0 Å². The van der Waals surface area contributed by atoms with Crippen molar-refractivity contribution in [3.63, 3.8) is 0 Å². The molecule has 6 heteroatoms. The summed E-state index contributed by atoms with van der Waals surface area (Å²) in [6.45, 7) is 1.77. The van der Waals surface area contributed by atoms with E-state index in [1.165, 1.54) is 0 Å². The maximum Gasteiger partial charge on any atom is 0.251 e. The van der Waals surface area contributed by atoms with Gasteiger partial charge in [-0.2, -0.15) is 0 Å². The SMILES string of the molecule is CN(C)[C@@H](CNC(=O)c1cccc(OC[C@H]2CCCO2)c1)c1ccccc1Cl. The fourth-order valence-electron chi connectivity index (χ4n) is 3.30. The Balaban J connectivity index is 1.60. The normalized spacial score (nSPS) is 17.5. The summed E-state index contributed by atoms with van der Waals surface area (Å²) in [7, 11) is 3.94. The van der Waals surface area contributed by atoms with Crippen molar-refractivity contribution in [3.8, 4) is 5.75 Å². The maximum atomic E-state index is 12.7. The molecular weight excluding hydrogens is 376 g/mol. The van der Waals surface area contributed by atoms with Crippen molar-refractivity contribution >= 4 is 17.5 Å². The molecule has 2 aromatic rings. The van der Waals surface area contributed by atoms with Crippen LogP contribution in [-0.4, -0.2) is 50.8 Å². The lowest BCUT2D eigenvalue weighted by molar-refractivity contribution is 0.0679. The van der Waals surface area contributed by atoms with E-state index in [0.29, 0.717) is 29.5 Å². The molecule has 3 rings (SSSR count). The maximum absolute atomic E-state index is 12.7. The molecule has 0 bridgehead atoms. The summed E-state index contributed by atoms with van der Waals surface area (Å²) in [5, 5.41) is 3.71. The number of rotatable bonds is 8. The highest BCUT2D eigenvalue weighted by Crippen LogP contribution is 2.25. The number of nitrogens with zero attached hydrogens (tertiary/aromatic N) is 1. The lowest BCUT2D eigenvalue weighted by Gasteiger charge is -2.26. The number of hydrogen-bond acceptors (Lipinski definition) is 4. The van der Waals surface area contributed by atoms with Crippen molar-refractivity contribution in [2.75, 3.05) is 33.9 Å². The van der Waals surface area contributed by atoms with E-state index in [2.05, 4.69) is 5.32 Å². The van der Waals surface area contributed by atoms with Gasteiger partial charge in [0.15, 0.2) is 0 Å². The van der Waals surface area contributed by atoms with E-state index in [0.717, 1.165) is 25.0 Å². The largest absolute Gasteiger partial charge is 0.491 e. The number of amides is 1. The average Bonchev–Trinajstić information content (AvgIpc) is 3.21. The summed E-state index contributed by atoms with van der Waals surface area (Å²) in [5.74, 6) is 0.542. The Hall–Kier alpha value is -2.08. The zero-order valence-electron chi connectivity index (χ0n) is 16.4. The third-order valence-corrected chi connectivity index (χ3v) is 5.24. The first-order chi connectivity index (χ1) is 13.5. The van der Waals surface area contributed by atoms with E-state index in [1.807, 2.05) is 55.4 Å². The van der Waals surface area contributed by atoms with Gasteiger partial charge in [0.05, 0.1) is 12.1 Å². The van der Waals surface area contributed by atoms with Gasteiger partial charge in [-0.05, 0) is 56.8 Å². The van der Waals surface area contributed by atoms with Crippen LogP contribution in [0.3, 0.4) is 0 Å². The first-order valence-electron chi connectivity index (χ1n) is 9.58. The molecule has 150 valence electrons. The number of hydrogen-bond donors (Lipinski definition) is 1. The third kappa shape index (κ3) is 5.47. The molecular formula is C22H27ClN2O3. The smallest absolute Gasteiger partial charge is 0.251 e. The van der Waals surface area contributed by atoms with Crippen LogP contribution in [0.5, 0.6) is 5.75 Å². The fraction of sp³-hybridized carbons (Fsp3) is 0.409. The number of likely N-dealkylation sites (N-methyl/N-ethyl adjacent to an activating group) is 1. The van der Waals surface area contributed by atoms with Gasteiger partial charge in [-0.15, -0.1) is 0 Å². The third-order valence-electron chi connectivity index (χ3n) is 4.90. The summed E-state index contributed by atoms with van der Waals surface area (Å²) in [6.07, 6.45) is 2.25. The van der Waals surface area contributed by atoms with E-state index in [-0.39, 0.29) is 18.1 Å². The van der Waals surface area contributed by atoms with E-state index in [9.17, 15) is 4.79 Å². The van der Waals surface area contributed by atoms with Crippen molar-refractivity contribution in [1.29, 1.82) is 0 Å². The van der Waals surface area contributed by atoms with Gasteiger partial charge in [-0.3, -0.25) is 4.79 Å². The molecule has 1 fully saturated rings. The lowest BCUT2D eigenvalue weighted by Crippen LogP contribution is -2.34. The Bertz CT molecular complexity index is 791. The average molecular weight is 403 g/mol. The Morgan fingerprint density at radius 3 is 2.82 bits per heavy atom. The highest BCUT2D eigenvalue weighted by atomic mass is 35.5. The number of halogens is 1. The van der Waals surface area contributed by atoms with Crippen LogP contribution in [0.4, 0.5) is 0 Å². The molecule has 0 unspecified atom stereocenters. The van der Waals surface area contributed by atoms with Gasteiger partial charge in [0.25, 0.3) is 5.91 Å². The predicted molar refractivity (Wildman–Crippen MR) is 111 cm³/mol. The van der Waals surface area contributed by atoms with E-state index >= 15 is 0 Å². The zero-order chi connectivity index (χ0) is 19.9. The van der Waals surface area contributed by atoms with E-state index in [4.69, 9.17) is 21.1 Å². The molecule has 1 N–H and O–H groups in total. The second-order valence-corrected chi connectivity index (χ2v) is 7.59. The molecule has 1 aliphatic rings. The molecule has 1 amide bonds. The molecule has 0 aromatic heterocycles. The molecule has 0 radical (unpaired) electrons. The summed E-state index contributed by atoms with van der Waals surface area (Å²) in [4.78, 5) is 14.7. The van der Waals surface area contributed by atoms with Crippen molar-refractivity contribution in [2.24, 2.45) is 0 Å². The summed E-state index contributed by atoms with van der Waals surface area (Å²) < 4.78 is 11.4. The van der Waals surface area contributed by atoms with E-state index in [1.54, 1.807) is 12.1 Å². The molecule has 2 atom stereocenters. The second-order valence-electron chi connectivity index (χ2n) is 7.18. The monoisotopic (exact) mass is 402 g/mol.